The van der Waals surface area contributed by atoms with Crippen LogP contribution in [0.15, 0.2) is 0 Å². The first-order valence-corrected chi connectivity index (χ1v) is 41.7. The zero-order chi connectivity index (χ0) is 79.8. The van der Waals surface area contributed by atoms with E-state index in [0.717, 1.165) is 0 Å². The summed E-state index contributed by atoms with van der Waals surface area (Å²) in [6.07, 6.45) is 44.2. The van der Waals surface area contributed by atoms with Crippen molar-refractivity contribution in [2.24, 2.45) is 0 Å². The van der Waals surface area contributed by atoms with Crippen LogP contribution in [0.4, 0.5) is 0 Å². The third kappa shape index (κ3) is 1880. The molecular formula is C100H276Ir2-8. The van der Waals surface area contributed by atoms with Crippen molar-refractivity contribution in [3.8, 4) is 0 Å². The summed E-state index contributed by atoms with van der Waals surface area (Å²) in [5, 5.41) is 0. The molecule has 0 fully saturated rings. The molecule has 102 heavy (non-hydrogen) atoms. The molecule has 0 atom stereocenters. The van der Waals surface area contributed by atoms with Crippen LogP contribution in [0, 0.1) is 51.4 Å². The summed E-state index contributed by atoms with van der Waals surface area (Å²) in [6, 6.07) is 0. The van der Waals surface area contributed by atoms with Gasteiger partial charge in [0.1, 0.15) is 0 Å². The molecule has 0 aromatic heterocycles. The minimum absolute atomic E-state index is 0. The van der Waals surface area contributed by atoms with Gasteiger partial charge in [0, 0.05) is 40.2 Å². The van der Waals surface area contributed by atoms with Crippen LogP contribution in [-0.4, -0.2) is 0 Å². The third-order valence-corrected chi connectivity index (χ3v) is 5.87. The normalized spacial score (nSPS) is 5.06. The van der Waals surface area contributed by atoms with Crippen molar-refractivity contribution in [3.63, 3.8) is 0 Å². The molecule has 0 aliphatic heterocycles. The van der Waals surface area contributed by atoms with Gasteiger partial charge in [-0.25, -0.2) is 12.8 Å². The van der Waals surface area contributed by atoms with Gasteiger partial charge in [-0.1, -0.05) is 507 Å². The average Bonchev–Trinajstić information content (AvgIpc) is 3.68. The first-order chi connectivity index (χ1) is 43.5. The molecule has 0 saturated carbocycles. The average molecular weight is 1860 g/mol. The summed E-state index contributed by atoms with van der Waals surface area (Å²) in [5.74, 6) is 0. The van der Waals surface area contributed by atoms with E-state index in [1.807, 2.05) is 332 Å². The summed E-state index contributed by atoms with van der Waals surface area (Å²) in [6.45, 7) is 122. The fourth-order valence-corrected chi connectivity index (χ4v) is 3.09. The number of hydrogen-bond acceptors (Lipinski definition) is 0. The smallest absolute Gasteiger partial charge is 0 e. The van der Waals surface area contributed by atoms with Gasteiger partial charge in [-0.2, -0.15) is 93.9 Å². The van der Waals surface area contributed by atoms with Crippen LogP contribution >= 0.6 is 0 Å². The molecule has 0 N–H and O–H groups in total. The van der Waals surface area contributed by atoms with E-state index in [0.29, 0.717) is 0 Å². The molecule has 0 aromatic carbocycles. The van der Waals surface area contributed by atoms with Crippen LogP contribution in [-0.2, 0) is 40.2 Å². The van der Waals surface area contributed by atoms with E-state index in [1.54, 1.807) is 0 Å². The first kappa shape index (κ1) is 307. The van der Waals surface area contributed by atoms with Crippen LogP contribution in [0.3, 0.4) is 0 Å². The second-order valence-electron chi connectivity index (χ2n) is 10.4. The van der Waals surface area contributed by atoms with E-state index >= 15 is 0 Å². The van der Waals surface area contributed by atoms with Gasteiger partial charge in [-0.05, 0) is 0 Å². The van der Waals surface area contributed by atoms with Crippen molar-refractivity contribution in [3.05, 3.63) is 51.4 Å². The van der Waals surface area contributed by atoms with E-state index in [-0.39, 0.29) is 129 Å². The molecule has 0 bridgehead atoms. The molecule has 2 heteroatoms. The maximum atomic E-state index is 2.25. The van der Waals surface area contributed by atoms with Gasteiger partial charge in [-0.3, -0.25) is 0 Å². The molecule has 702 valence electrons. The second-order valence-corrected chi connectivity index (χ2v) is 10.4. The zero-order valence-electron chi connectivity index (χ0n) is 79.4. The summed E-state index contributed by atoms with van der Waals surface area (Å²) in [7, 11) is 0. The van der Waals surface area contributed by atoms with Gasteiger partial charge in [0.05, 0.1) is 0 Å². The monoisotopic (exact) mass is 1860 g/mol. The molecule has 0 aliphatic carbocycles. The van der Waals surface area contributed by atoms with Crippen LogP contribution in [0.25, 0.3) is 0 Å². The number of hydrogen-bond donors (Lipinski definition) is 0. The predicted octanol–water partition coefficient (Wildman–Crippen LogP) is 47.9. The maximum Gasteiger partial charge on any atom is 0 e. The SMILES string of the molecule is C.C.C.C.C.C.C.C.C.C.C.C.CC.CC.CC.CC.CC.CC.CC.CC.CC.CC.CC.CC.CC.CC.CC.CC.CC.CC.CC.CC.CC.CC.CC.CC.CCCCCC.CCCCCCC.C[CH-]CCC[CH-]C.C[CH-]CCC[CH-]C.C[CH-]CCC[CH-]C.C[CH-]CC[CH-]C.[Ir].[Ir]. The van der Waals surface area contributed by atoms with Gasteiger partial charge in [0.15, 0.2) is 0 Å². The van der Waals surface area contributed by atoms with E-state index in [9.17, 15) is 0 Å². The van der Waals surface area contributed by atoms with Crippen molar-refractivity contribution >= 4 is 0 Å². The van der Waals surface area contributed by atoms with Crippen molar-refractivity contribution in [2.45, 2.75) is 633 Å². The van der Waals surface area contributed by atoms with Crippen LogP contribution < -0.4 is 0 Å². The Kier molecular flexibility index (Phi) is 3690. The van der Waals surface area contributed by atoms with Gasteiger partial charge in [0.25, 0.3) is 0 Å². The molecule has 0 rings (SSSR count). The first-order valence-electron chi connectivity index (χ1n) is 41.7. The summed E-state index contributed by atoms with van der Waals surface area (Å²) < 4.78 is 0. The van der Waals surface area contributed by atoms with E-state index in [4.69, 9.17) is 0 Å². The number of rotatable bonds is 22. The van der Waals surface area contributed by atoms with Gasteiger partial charge < -0.3 is 51.4 Å². The largest absolute Gasteiger partial charge is 0.334 e. The van der Waals surface area contributed by atoms with Crippen LogP contribution in [0.5, 0.6) is 0 Å². The molecule has 0 saturated heterocycles. The molecule has 0 aliphatic rings. The topological polar surface area (TPSA) is 0 Å². The Morgan fingerprint density at radius 2 is 0.186 bits per heavy atom. The quantitative estimate of drug-likeness (QED) is 0.0749. The van der Waals surface area contributed by atoms with Crippen molar-refractivity contribution in [1.29, 1.82) is 0 Å². The van der Waals surface area contributed by atoms with Crippen molar-refractivity contribution in [1.82, 2.24) is 0 Å². The van der Waals surface area contributed by atoms with Crippen molar-refractivity contribution in [2.75, 3.05) is 0 Å². The molecular weight excluding hydrogens is 1590 g/mol. The van der Waals surface area contributed by atoms with Gasteiger partial charge >= 0.3 is 0 Å². The van der Waals surface area contributed by atoms with Gasteiger partial charge in [0.2, 0.25) is 0 Å². The maximum absolute atomic E-state index is 2.25. The third-order valence-electron chi connectivity index (χ3n) is 5.87. The Labute approximate surface area is 719 Å². The van der Waals surface area contributed by atoms with E-state index < -0.39 is 0 Å². The Hall–Kier alpha value is 1.30. The predicted molar refractivity (Wildman–Crippen MR) is 548 cm³/mol. The molecule has 0 spiro atoms. The fourth-order valence-electron chi connectivity index (χ4n) is 3.09. The van der Waals surface area contributed by atoms with Crippen molar-refractivity contribution < 1.29 is 40.2 Å². The molecule has 0 nitrogen and oxygen atoms in total. The van der Waals surface area contributed by atoms with Gasteiger partial charge in [-0.15, -0.1) is 19.3 Å². The molecule has 0 unspecified atom stereocenters. The molecule has 0 aromatic rings. The second kappa shape index (κ2) is 1220. The van der Waals surface area contributed by atoms with E-state index in [1.165, 1.54) is 128 Å². The zero-order valence-corrected chi connectivity index (χ0v) is 84.2. The fraction of sp³-hybridized carbons (Fsp3) is 0.920. The van der Waals surface area contributed by atoms with Crippen LogP contribution in [0.1, 0.15) is 633 Å². The summed E-state index contributed by atoms with van der Waals surface area (Å²) in [5.41, 5.74) is 0. The molecule has 2 radical (unpaired) electrons. The Bertz CT molecular complexity index is 211. The summed E-state index contributed by atoms with van der Waals surface area (Å²) >= 11 is 0. The summed E-state index contributed by atoms with van der Waals surface area (Å²) in [4.78, 5) is 0. The Balaban J connectivity index is -0.00000000824. The Morgan fingerprint density at radius 3 is 0.245 bits per heavy atom. The minimum atomic E-state index is 0. The van der Waals surface area contributed by atoms with Crippen LogP contribution in [0.2, 0.25) is 0 Å². The Morgan fingerprint density at radius 1 is 0.118 bits per heavy atom. The minimum Gasteiger partial charge on any atom is -0.334 e. The standard InChI is InChI=1S/C7H16.3C7H14.C6H14.C6H12.24C2H6.12CH4.2Ir/c4*1-3-5-7-6-4-2;2*1-3-5-6-4-2;24*1-2;;;;;;;;;;;;;;/h3-7H2,1-2H3;3*3-4H,5-7H2,1-2H3;3-6H2,1-2H3;3-4H,5-6H2,1-2H3;24*1-2H3;12*1H4;;/q;3*-2;;-2;;;;;;;;;;;;;;;;;;;;;;;;;;;;;;;;;;;;;;. The number of unbranched alkanes of at least 4 members (excludes halogenated alkanes) is 22. The molecule has 0 amide bonds. The van der Waals surface area contributed by atoms with E-state index in [2.05, 4.69) is 134 Å². The molecule has 0 heterocycles.